The topological polar surface area (TPSA) is 101 Å². The van der Waals surface area contributed by atoms with Crippen LogP contribution in [0.3, 0.4) is 0 Å². The van der Waals surface area contributed by atoms with Gasteiger partial charge in [-0.2, -0.15) is 0 Å². The number of nitrogens with one attached hydrogen (secondary N) is 1. The molecule has 3 rings (SSSR count). The summed E-state index contributed by atoms with van der Waals surface area (Å²) in [4.78, 5) is 14.6. The molecule has 158 valence electrons. The predicted molar refractivity (Wildman–Crippen MR) is 112 cm³/mol. The zero-order valence-corrected chi connectivity index (χ0v) is 18.6. The Morgan fingerprint density at radius 3 is 2.93 bits per heavy atom. The molecule has 3 heterocycles. The van der Waals surface area contributed by atoms with Gasteiger partial charge in [-0.25, -0.2) is 8.42 Å². The Hall–Kier alpha value is -0.910. The number of rotatable bonds is 10. The highest BCUT2D eigenvalue weighted by Crippen LogP contribution is 2.27. The number of nitrogens with zero attached hydrogens (tertiary/aromatic N) is 3. The maximum atomic E-state index is 12.9. The zero-order valence-electron chi connectivity index (χ0n) is 16.1. The van der Waals surface area contributed by atoms with E-state index in [2.05, 4.69) is 22.4 Å². The normalized spacial score (nSPS) is 23.8. The minimum absolute atomic E-state index is 0.00755. The van der Waals surface area contributed by atoms with E-state index in [1.54, 1.807) is 4.90 Å². The van der Waals surface area contributed by atoms with Gasteiger partial charge in [-0.05, 0) is 25.7 Å². The molecule has 0 bridgehead atoms. The molecule has 28 heavy (non-hydrogen) atoms. The largest absolute Gasteiger partial charge is 0.376 e. The van der Waals surface area contributed by atoms with Gasteiger partial charge in [0.1, 0.15) is 0 Å². The first-order chi connectivity index (χ1) is 13.5. The van der Waals surface area contributed by atoms with Crippen LogP contribution in [-0.2, 0) is 19.4 Å². The number of hydrogen-bond acceptors (Lipinski definition) is 9. The molecule has 2 aliphatic heterocycles. The summed E-state index contributed by atoms with van der Waals surface area (Å²) in [7, 11) is -3.05. The lowest BCUT2D eigenvalue weighted by Gasteiger charge is -2.30. The molecule has 2 fully saturated rings. The van der Waals surface area contributed by atoms with Crippen molar-refractivity contribution in [1.82, 2.24) is 15.1 Å². The van der Waals surface area contributed by atoms with Crippen molar-refractivity contribution in [1.29, 1.82) is 0 Å². The fourth-order valence-electron chi connectivity index (χ4n) is 3.40. The van der Waals surface area contributed by atoms with Crippen LogP contribution < -0.4 is 5.32 Å². The number of aromatic nitrogens is 2. The van der Waals surface area contributed by atoms with Crippen LogP contribution in [0.2, 0.25) is 0 Å². The molecule has 1 aromatic heterocycles. The van der Waals surface area contributed by atoms with Crippen molar-refractivity contribution in [3.63, 3.8) is 0 Å². The molecule has 0 radical (unpaired) electrons. The summed E-state index contributed by atoms with van der Waals surface area (Å²) in [5.41, 5.74) is 0. The molecule has 0 saturated carbocycles. The molecule has 1 amide bonds. The third-order valence-corrected chi connectivity index (χ3v) is 8.68. The molecule has 0 aliphatic carbocycles. The van der Waals surface area contributed by atoms with E-state index in [0.717, 1.165) is 41.7 Å². The minimum Gasteiger partial charge on any atom is -0.376 e. The molecule has 0 spiro atoms. The average Bonchev–Trinajstić information content (AvgIpc) is 3.39. The van der Waals surface area contributed by atoms with Crippen LogP contribution in [0.25, 0.3) is 0 Å². The summed E-state index contributed by atoms with van der Waals surface area (Å²) in [6.07, 6.45) is 4.61. The second kappa shape index (κ2) is 10.2. The number of thioether (sulfide) groups is 1. The number of anilines is 1. The molecule has 2 unspecified atom stereocenters. The van der Waals surface area contributed by atoms with Gasteiger partial charge in [0.15, 0.2) is 14.2 Å². The maximum Gasteiger partial charge on any atom is 0.233 e. The summed E-state index contributed by atoms with van der Waals surface area (Å²) in [6, 6.07) is -0.247. The van der Waals surface area contributed by atoms with E-state index in [4.69, 9.17) is 4.74 Å². The summed E-state index contributed by atoms with van der Waals surface area (Å²) in [6.45, 7) is 4.18. The van der Waals surface area contributed by atoms with Crippen molar-refractivity contribution in [2.75, 3.05) is 42.3 Å². The highest BCUT2D eigenvalue weighted by Gasteiger charge is 2.36. The van der Waals surface area contributed by atoms with Crippen molar-refractivity contribution in [2.45, 2.75) is 55.5 Å². The number of carbonyl (C=O) groups excluding carboxylic acids is 1. The van der Waals surface area contributed by atoms with Gasteiger partial charge in [0, 0.05) is 25.7 Å². The summed E-state index contributed by atoms with van der Waals surface area (Å²) in [5, 5.41) is 12.2. The third-order valence-electron chi connectivity index (χ3n) is 4.93. The lowest BCUT2D eigenvalue weighted by Crippen LogP contribution is -2.46. The smallest absolute Gasteiger partial charge is 0.233 e. The number of sulfone groups is 1. The second-order valence-corrected chi connectivity index (χ2v) is 11.6. The molecule has 2 atom stereocenters. The Morgan fingerprint density at radius 2 is 2.25 bits per heavy atom. The molecule has 1 N–H and O–H groups in total. The van der Waals surface area contributed by atoms with Crippen LogP contribution in [-0.4, -0.2) is 78.5 Å². The maximum absolute atomic E-state index is 12.9. The Balaban J connectivity index is 1.56. The molecule has 8 nitrogen and oxygen atoms in total. The van der Waals surface area contributed by atoms with Crippen molar-refractivity contribution in [2.24, 2.45) is 0 Å². The number of ether oxygens (including phenoxy) is 1. The van der Waals surface area contributed by atoms with E-state index >= 15 is 0 Å². The van der Waals surface area contributed by atoms with E-state index in [0.29, 0.717) is 19.6 Å². The second-order valence-electron chi connectivity index (χ2n) is 7.18. The highest BCUT2D eigenvalue weighted by molar-refractivity contribution is 8.01. The van der Waals surface area contributed by atoms with Gasteiger partial charge in [-0.3, -0.25) is 4.79 Å². The Labute approximate surface area is 174 Å². The number of unbranched alkanes of at least 4 members (excludes halogenated alkanes) is 1. The van der Waals surface area contributed by atoms with Gasteiger partial charge in [-0.1, -0.05) is 36.4 Å². The summed E-state index contributed by atoms with van der Waals surface area (Å²) in [5.74, 6) is 0.384. The number of amides is 1. The highest BCUT2D eigenvalue weighted by atomic mass is 32.2. The van der Waals surface area contributed by atoms with E-state index in [9.17, 15) is 13.2 Å². The average molecular weight is 449 g/mol. The molecular formula is C17H28N4O4S3. The van der Waals surface area contributed by atoms with E-state index in [-0.39, 0.29) is 35.3 Å². The monoisotopic (exact) mass is 448 g/mol. The van der Waals surface area contributed by atoms with Crippen molar-refractivity contribution in [3.05, 3.63) is 0 Å². The van der Waals surface area contributed by atoms with Crippen LogP contribution in [0.15, 0.2) is 4.34 Å². The van der Waals surface area contributed by atoms with Gasteiger partial charge < -0.3 is 15.0 Å². The van der Waals surface area contributed by atoms with E-state index in [1.807, 2.05) is 0 Å². The molecule has 2 saturated heterocycles. The van der Waals surface area contributed by atoms with E-state index < -0.39 is 9.84 Å². The lowest BCUT2D eigenvalue weighted by molar-refractivity contribution is -0.131. The first-order valence-electron chi connectivity index (χ1n) is 9.78. The summed E-state index contributed by atoms with van der Waals surface area (Å²) >= 11 is 2.80. The van der Waals surface area contributed by atoms with Gasteiger partial charge >= 0.3 is 0 Å². The lowest BCUT2D eigenvalue weighted by atomic mass is 10.1. The summed E-state index contributed by atoms with van der Waals surface area (Å²) < 4.78 is 30.2. The first-order valence-corrected chi connectivity index (χ1v) is 13.4. The van der Waals surface area contributed by atoms with Gasteiger partial charge in [0.05, 0.1) is 23.4 Å². The Bertz CT molecular complexity index is 749. The van der Waals surface area contributed by atoms with Crippen molar-refractivity contribution >= 4 is 44.0 Å². The van der Waals surface area contributed by atoms with Crippen LogP contribution in [0.5, 0.6) is 0 Å². The van der Waals surface area contributed by atoms with Crippen molar-refractivity contribution in [3.8, 4) is 0 Å². The van der Waals surface area contributed by atoms with E-state index in [1.165, 1.54) is 23.1 Å². The Morgan fingerprint density at radius 1 is 1.39 bits per heavy atom. The quantitative estimate of drug-likeness (QED) is 0.429. The predicted octanol–water partition coefficient (Wildman–Crippen LogP) is 2.04. The molecular weight excluding hydrogens is 420 g/mol. The van der Waals surface area contributed by atoms with Crippen molar-refractivity contribution < 1.29 is 17.9 Å². The van der Waals surface area contributed by atoms with Gasteiger partial charge in [0.2, 0.25) is 11.0 Å². The third kappa shape index (κ3) is 6.30. The van der Waals surface area contributed by atoms with Crippen LogP contribution >= 0.6 is 23.1 Å². The fraction of sp³-hybridized carbons (Fsp3) is 0.824. The molecule has 2 aliphatic rings. The van der Waals surface area contributed by atoms with Crippen LogP contribution in [0.4, 0.5) is 5.13 Å². The number of hydrogen-bond donors (Lipinski definition) is 1. The zero-order chi connectivity index (χ0) is 20.0. The molecule has 0 aromatic carbocycles. The fourth-order valence-corrected chi connectivity index (χ4v) is 6.80. The Kier molecular flexibility index (Phi) is 7.95. The number of carbonyl (C=O) groups is 1. The first kappa shape index (κ1) is 21.8. The van der Waals surface area contributed by atoms with Gasteiger partial charge in [0.25, 0.3) is 0 Å². The minimum atomic E-state index is -3.05. The van der Waals surface area contributed by atoms with Crippen LogP contribution in [0, 0.1) is 0 Å². The van der Waals surface area contributed by atoms with Gasteiger partial charge in [-0.15, -0.1) is 10.2 Å². The molecule has 1 aromatic rings. The molecule has 11 heteroatoms. The SMILES string of the molecule is CCCCNc1nnc(SCC(=O)N(CC2CCCO2)C2CCS(=O)(=O)C2)s1. The van der Waals surface area contributed by atoms with Crippen LogP contribution in [0.1, 0.15) is 39.0 Å². The standard InChI is InChI=1S/C17H28N4O4S3/c1-2-3-7-18-16-19-20-17(27-16)26-11-15(22)21(10-14-5-4-8-25-14)13-6-9-28(23,24)12-13/h13-14H,2-12H2,1H3,(H,18,19).